The van der Waals surface area contributed by atoms with Crippen molar-refractivity contribution in [2.45, 2.75) is 32.6 Å². The normalized spacial score (nSPS) is 9.57. The second-order valence-electron chi connectivity index (χ2n) is 3.02. The summed E-state index contributed by atoms with van der Waals surface area (Å²) in [5.41, 5.74) is 0. The molecule has 82 valence electrons. The molecule has 3 amide bonds. The van der Waals surface area contributed by atoms with E-state index in [0.717, 1.165) is 12.8 Å². The van der Waals surface area contributed by atoms with Gasteiger partial charge in [0, 0.05) is 6.54 Å². The zero-order valence-corrected chi connectivity index (χ0v) is 9.40. The third-order valence-corrected chi connectivity index (χ3v) is 2.00. The summed E-state index contributed by atoms with van der Waals surface area (Å²) in [6.45, 7) is 2.75. The molecule has 0 aromatic carbocycles. The van der Waals surface area contributed by atoms with Gasteiger partial charge in [0.15, 0.2) is 0 Å². The smallest absolute Gasteiger partial charge is 0.321 e. The number of rotatable bonds is 6. The Balaban J connectivity index is 3.31. The molecule has 0 atom stereocenters. The van der Waals surface area contributed by atoms with Gasteiger partial charge >= 0.3 is 6.03 Å². The van der Waals surface area contributed by atoms with Gasteiger partial charge in [-0.1, -0.05) is 26.2 Å². The summed E-state index contributed by atoms with van der Waals surface area (Å²) in [6.07, 6.45) is 4.41. The Morgan fingerprint density at radius 2 is 1.93 bits per heavy atom. The topological polar surface area (TPSA) is 58.2 Å². The van der Waals surface area contributed by atoms with Crippen molar-refractivity contribution in [1.29, 1.82) is 0 Å². The monoisotopic (exact) mass is 218 g/mol. The van der Waals surface area contributed by atoms with Crippen LogP contribution in [0.15, 0.2) is 0 Å². The van der Waals surface area contributed by atoms with Gasteiger partial charge in [-0.05, 0) is 6.42 Å². The van der Waals surface area contributed by atoms with Crippen LogP contribution in [0.2, 0.25) is 0 Å². The van der Waals surface area contributed by atoms with E-state index in [1.54, 1.807) is 0 Å². The maximum atomic E-state index is 11.0. The van der Waals surface area contributed by atoms with E-state index >= 15 is 0 Å². The van der Waals surface area contributed by atoms with Crippen LogP contribution in [0.25, 0.3) is 0 Å². The second kappa shape index (κ2) is 8.87. The lowest BCUT2D eigenvalue weighted by molar-refractivity contribution is -0.117. The molecule has 5 heteroatoms. The van der Waals surface area contributed by atoms with Gasteiger partial charge in [0.25, 0.3) is 0 Å². The SMILES string of the molecule is CCCCCCNC(=O)NC(=O)CS. The Bertz CT molecular complexity index is 186. The molecule has 0 aliphatic heterocycles. The molecule has 0 fully saturated rings. The molecule has 0 saturated carbocycles. The minimum Gasteiger partial charge on any atom is -0.338 e. The lowest BCUT2D eigenvalue weighted by Gasteiger charge is -2.04. The highest BCUT2D eigenvalue weighted by atomic mass is 32.1. The Kier molecular flexibility index (Phi) is 8.42. The fourth-order valence-corrected chi connectivity index (χ4v) is 1.04. The van der Waals surface area contributed by atoms with Crippen LogP contribution in [0.3, 0.4) is 0 Å². The number of carbonyl (C=O) groups excluding carboxylic acids is 2. The van der Waals surface area contributed by atoms with Crippen molar-refractivity contribution in [3.63, 3.8) is 0 Å². The third-order valence-electron chi connectivity index (χ3n) is 1.71. The zero-order valence-electron chi connectivity index (χ0n) is 8.51. The number of urea groups is 1. The number of thiol groups is 1. The van der Waals surface area contributed by atoms with Crippen molar-refractivity contribution < 1.29 is 9.59 Å². The molecule has 0 unspecified atom stereocenters. The Morgan fingerprint density at radius 1 is 1.21 bits per heavy atom. The van der Waals surface area contributed by atoms with Crippen LogP contribution in [-0.2, 0) is 4.79 Å². The molecular weight excluding hydrogens is 200 g/mol. The number of hydrogen-bond acceptors (Lipinski definition) is 3. The molecule has 0 aliphatic rings. The van der Waals surface area contributed by atoms with E-state index in [-0.39, 0.29) is 11.7 Å². The second-order valence-corrected chi connectivity index (χ2v) is 3.34. The van der Waals surface area contributed by atoms with Gasteiger partial charge in [0.2, 0.25) is 5.91 Å². The molecule has 14 heavy (non-hydrogen) atoms. The van der Waals surface area contributed by atoms with E-state index in [1.807, 2.05) is 0 Å². The maximum Gasteiger partial charge on any atom is 0.321 e. The van der Waals surface area contributed by atoms with Crippen molar-refractivity contribution in [3.05, 3.63) is 0 Å². The summed E-state index contributed by atoms with van der Waals surface area (Å²) in [5, 5.41) is 4.76. The summed E-state index contributed by atoms with van der Waals surface area (Å²) >= 11 is 3.74. The molecule has 0 saturated heterocycles. The van der Waals surface area contributed by atoms with E-state index in [0.29, 0.717) is 6.54 Å². The van der Waals surface area contributed by atoms with Crippen LogP contribution in [0.4, 0.5) is 4.79 Å². The largest absolute Gasteiger partial charge is 0.338 e. The van der Waals surface area contributed by atoms with E-state index < -0.39 is 6.03 Å². The molecule has 0 radical (unpaired) electrons. The van der Waals surface area contributed by atoms with Crippen molar-refractivity contribution in [3.8, 4) is 0 Å². The van der Waals surface area contributed by atoms with E-state index in [9.17, 15) is 9.59 Å². The maximum absolute atomic E-state index is 11.0. The average Bonchev–Trinajstić information content (AvgIpc) is 2.17. The first-order valence-electron chi connectivity index (χ1n) is 4.89. The van der Waals surface area contributed by atoms with Crippen LogP contribution in [0.1, 0.15) is 32.6 Å². The van der Waals surface area contributed by atoms with Crippen molar-refractivity contribution >= 4 is 24.6 Å². The molecule has 0 aromatic rings. The standard InChI is InChI=1S/C9H18N2O2S/c1-2-3-4-5-6-10-9(13)11-8(12)7-14/h14H,2-7H2,1H3,(H2,10,11,12,13). The van der Waals surface area contributed by atoms with Gasteiger partial charge in [0.1, 0.15) is 0 Å². The minimum absolute atomic E-state index is 0.0310. The third kappa shape index (κ3) is 7.91. The van der Waals surface area contributed by atoms with Gasteiger partial charge in [-0.3, -0.25) is 10.1 Å². The predicted octanol–water partition coefficient (Wildman–Crippen LogP) is 1.32. The fourth-order valence-electron chi connectivity index (χ4n) is 0.964. The van der Waals surface area contributed by atoms with Gasteiger partial charge in [-0.2, -0.15) is 12.6 Å². The zero-order chi connectivity index (χ0) is 10.8. The molecule has 0 heterocycles. The lowest BCUT2D eigenvalue weighted by Crippen LogP contribution is -2.40. The molecule has 0 aromatic heterocycles. The minimum atomic E-state index is -0.430. The highest BCUT2D eigenvalue weighted by molar-refractivity contribution is 7.81. The Labute approximate surface area is 90.2 Å². The van der Waals surface area contributed by atoms with Crippen LogP contribution < -0.4 is 10.6 Å². The highest BCUT2D eigenvalue weighted by Crippen LogP contribution is 1.96. The molecule has 2 N–H and O–H groups in total. The molecule has 0 spiro atoms. The summed E-state index contributed by atoms with van der Waals surface area (Å²) < 4.78 is 0. The summed E-state index contributed by atoms with van der Waals surface area (Å²) in [4.78, 5) is 21.7. The number of hydrogen-bond donors (Lipinski definition) is 3. The first-order valence-corrected chi connectivity index (χ1v) is 5.52. The van der Waals surface area contributed by atoms with Gasteiger partial charge in [-0.15, -0.1) is 0 Å². The molecule has 0 bridgehead atoms. The molecule has 4 nitrogen and oxygen atoms in total. The van der Waals surface area contributed by atoms with Gasteiger partial charge in [-0.25, -0.2) is 4.79 Å². The van der Waals surface area contributed by atoms with Crippen LogP contribution in [0.5, 0.6) is 0 Å². The van der Waals surface area contributed by atoms with E-state index in [2.05, 4.69) is 30.2 Å². The van der Waals surface area contributed by atoms with Crippen molar-refractivity contribution in [1.82, 2.24) is 10.6 Å². The Hall–Kier alpha value is -0.710. The summed E-state index contributed by atoms with van der Waals surface area (Å²) in [5.74, 6) is -0.345. The van der Waals surface area contributed by atoms with Crippen LogP contribution in [0, 0.1) is 0 Å². The number of imide groups is 1. The lowest BCUT2D eigenvalue weighted by atomic mass is 10.2. The van der Waals surface area contributed by atoms with Gasteiger partial charge < -0.3 is 5.32 Å². The summed E-state index contributed by atoms with van der Waals surface area (Å²) in [6, 6.07) is -0.430. The average molecular weight is 218 g/mol. The molecule has 0 rings (SSSR count). The summed E-state index contributed by atoms with van der Waals surface area (Å²) in [7, 11) is 0. The Morgan fingerprint density at radius 3 is 2.50 bits per heavy atom. The fraction of sp³-hybridized carbons (Fsp3) is 0.778. The van der Waals surface area contributed by atoms with E-state index in [4.69, 9.17) is 0 Å². The molecule has 0 aliphatic carbocycles. The first kappa shape index (κ1) is 13.3. The van der Waals surface area contributed by atoms with Crippen molar-refractivity contribution in [2.24, 2.45) is 0 Å². The van der Waals surface area contributed by atoms with Crippen LogP contribution in [-0.4, -0.2) is 24.2 Å². The van der Waals surface area contributed by atoms with Gasteiger partial charge in [0.05, 0.1) is 5.75 Å². The van der Waals surface area contributed by atoms with E-state index in [1.165, 1.54) is 12.8 Å². The number of carbonyl (C=O) groups is 2. The number of amides is 3. The quantitative estimate of drug-likeness (QED) is 0.465. The van der Waals surface area contributed by atoms with Crippen LogP contribution >= 0.6 is 12.6 Å². The first-order chi connectivity index (χ1) is 6.70. The number of nitrogens with one attached hydrogen (secondary N) is 2. The van der Waals surface area contributed by atoms with Crippen molar-refractivity contribution in [2.75, 3.05) is 12.3 Å². The number of unbranched alkanes of at least 4 members (excludes halogenated alkanes) is 3. The highest BCUT2D eigenvalue weighted by Gasteiger charge is 2.03. The predicted molar refractivity (Wildman–Crippen MR) is 59.5 cm³/mol. The molecular formula is C9H18N2O2S.